The summed E-state index contributed by atoms with van der Waals surface area (Å²) in [5.74, 6) is -0.221. The molecule has 4 heteroatoms. The molecule has 0 N–H and O–H groups in total. The quantitative estimate of drug-likeness (QED) is 0.769. The molecule has 0 bridgehead atoms. The minimum absolute atomic E-state index is 0.221. The molecule has 2 nitrogen and oxygen atoms in total. The Bertz CT molecular complexity index is 270. The first kappa shape index (κ1) is 9.74. The van der Waals surface area contributed by atoms with Crippen LogP contribution >= 0.6 is 27.3 Å². The molecule has 66 valence electrons. The summed E-state index contributed by atoms with van der Waals surface area (Å²) in [7, 11) is 0. The van der Waals surface area contributed by atoms with Crippen LogP contribution in [0.15, 0.2) is 15.2 Å². The second-order valence-electron chi connectivity index (χ2n) is 2.34. The van der Waals surface area contributed by atoms with Gasteiger partial charge in [-0.25, -0.2) is 0 Å². The van der Waals surface area contributed by atoms with Gasteiger partial charge >= 0.3 is 5.97 Å². The zero-order chi connectivity index (χ0) is 8.97. The minimum Gasteiger partial charge on any atom is -0.466 e. The third-order valence-corrected chi connectivity index (χ3v) is 3.20. The van der Waals surface area contributed by atoms with E-state index in [4.69, 9.17) is 4.74 Å². The van der Waals surface area contributed by atoms with Crippen LogP contribution in [0.25, 0.3) is 0 Å². The number of ether oxygens (including phenoxy) is 1. The summed E-state index contributed by atoms with van der Waals surface area (Å²) in [5.41, 5.74) is 1.20. The molecular formula is C8H9BrO2S. The number of hydrogen-bond acceptors (Lipinski definition) is 3. The van der Waals surface area contributed by atoms with Crippen molar-refractivity contribution < 1.29 is 9.53 Å². The van der Waals surface area contributed by atoms with E-state index in [0.717, 1.165) is 10.9 Å². The fourth-order valence-corrected chi connectivity index (χ4v) is 2.33. The molecule has 12 heavy (non-hydrogen) atoms. The van der Waals surface area contributed by atoms with E-state index in [0.29, 0.717) is 6.61 Å². The van der Waals surface area contributed by atoms with Gasteiger partial charge in [0.1, 0.15) is 0 Å². The Morgan fingerprint density at radius 2 is 2.42 bits per heavy atom. The first-order valence-corrected chi connectivity index (χ1v) is 5.27. The van der Waals surface area contributed by atoms with Gasteiger partial charge in [0.15, 0.2) is 0 Å². The van der Waals surface area contributed by atoms with Crippen LogP contribution in [0.1, 0.15) is 12.5 Å². The highest BCUT2D eigenvalue weighted by atomic mass is 79.9. The Balaban J connectivity index is 2.33. The maximum absolute atomic E-state index is 10.4. The van der Waals surface area contributed by atoms with Crippen LogP contribution in [-0.2, 0) is 16.0 Å². The molecule has 1 heterocycles. The van der Waals surface area contributed by atoms with Crippen molar-refractivity contribution in [3.05, 3.63) is 20.8 Å². The topological polar surface area (TPSA) is 26.3 Å². The number of carbonyl (C=O) groups is 1. The van der Waals surface area contributed by atoms with Crippen LogP contribution in [0.5, 0.6) is 0 Å². The van der Waals surface area contributed by atoms with Crippen LogP contribution in [-0.4, -0.2) is 12.6 Å². The summed E-state index contributed by atoms with van der Waals surface area (Å²) in [6.07, 6.45) is 0.781. The summed E-state index contributed by atoms with van der Waals surface area (Å²) in [6, 6.07) is 0. The van der Waals surface area contributed by atoms with E-state index in [2.05, 4.69) is 15.9 Å². The smallest absolute Gasteiger partial charge is 0.302 e. The molecule has 0 unspecified atom stereocenters. The molecule has 0 saturated heterocycles. The molecule has 1 aromatic rings. The highest BCUT2D eigenvalue weighted by Crippen LogP contribution is 2.21. The van der Waals surface area contributed by atoms with Gasteiger partial charge in [0.25, 0.3) is 0 Å². The van der Waals surface area contributed by atoms with Crippen LogP contribution in [0.3, 0.4) is 0 Å². The lowest BCUT2D eigenvalue weighted by Crippen LogP contribution is -2.02. The van der Waals surface area contributed by atoms with Gasteiger partial charge in [0, 0.05) is 23.2 Å². The molecule has 0 radical (unpaired) electrons. The first-order valence-electron chi connectivity index (χ1n) is 3.54. The first-order chi connectivity index (χ1) is 5.70. The molecule has 0 aromatic carbocycles. The molecule has 0 atom stereocenters. The van der Waals surface area contributed by atoms with E-state index >= 15 is 0 Å². The third kappa shape index (κ3) is 2.95. The van der Waals surface area contributed by atoms with E-state index in [1.165, 1.54) is 12.5 Å². The molecule has 0 saturated carbocycles. The SMILES string of the molecule is CC(=O)OCCc1cscc1Br. The van der Waals surface area contributed by atoms with Gasteiger partial charge in [0.05, 0.1) is 6.61 Å². The largest absolute Gasteiger partial charge is 0.466 e. The van der Waals surface area contributed by atoms with Crippen molar-refractivity contribution in [3.63, 3.8) is 0 Å². The van der Waals surface area contributed by atoms with Gasteiger partial charge in [-0.15, -0.1) is 0 Å². The van der Waals surface area contributed by atoms with Crippen LogP contribution in [0.2, 0.25) is 0 Å². The van der Waals surface area contributed by atoms with Gasteiger partial charge in [0.2, 0.25) is 0 Å². The molecule has 0 fully saturated rings. The molecule has 0 spiro atoms. The Morgan fingerprint density at radius 1 is 1.67 bits per heavy atom. The Labute approximate surface area is 83.7 Å². The van der Waals surface area contributed by atoms with E-state index in [-0.39, 0.29) is 5.97 Å². The van der Waals surface area contributed by atoms with Crippen LogP contribution in [0.4, 0.5) is 0 Å². The van der Waals surface area contributed by atoms with E-state index in [1.54, 1.807) is 11.3 Å². The average molecular weight is 249 g/mol. The predicted octanol–water partition coefficient (Wildman–Crippen LogP) is 2.62. The lowest BCUT2D eigenvalue weighted by atomic mass is 10.3. The van der Waals surface area contributed by atoms with Gasteiger partial charge in [-0.1, -0.05) is 0 Å². The lowest BCUT2D eigenvalue weighted by molar-refractivity contribution is -0.140. The second-order valence-corrected chi connectivity index (χ2v) is 3.93. The number of carbonyl (C=O) groups excluding carboxylic acids is 1. The molecule has 0 amide bonds. The minimum atomic E-state index is -0.221. The van der Waals surface area contributed by atoms with Gasteiger partial charge in [-0.05, 0) is 26.9 Å². The highest BCUT2D eigenvalue weighted by Gasteiger charge is 2.00. The van der Waals surface area contributed by atoms with Crippen molar-refractivity contribution in [1.82, 2.24) is 0 Å². The Hall–Kier alpha value is -0.350. The van der Waals surface area contributed by atoms with Crippen molar-refractivity contribution in [2.24, 2.45) is 0 Å². The summed E-state index contributed by atoms with van der Waals surface area (Å²) in [5, 5.41) is 4.07. The van der Waals surface area contributed by atoms with E-state index < -0.39 is 0 Å². The number of rotatable bonds is 3. The molecule has 0 aliphatic heterocycles. The van der Waals surface area contributed by atoms with Crippen molar-refractivity contribution in [3.8, 4) is 0 Å². The lowest BCUT2D eigenvalue weighted by Gasteiger charge is -1.99. The van der Waals surface area contributed by atoms with Crippen LogP contribution < -0.4 is 0 Å². The summed E-state index contributed by atoms with van der Waals surface area (Å²) in [6.45, 7) is 1.88. The predicted molar refractivity (Wildman–Crippen MR) is 52.4 cm³/mol. The highest BCUT2D eigenvalue weighted by molar-refractivity contribution is 9.10. The average Bonchev–Trinajstić information content (AvgIpc) is 2.36. The molecule has 1 aromatic heterocycles. The molecule has 0 aliphatic carbocycles. The number of thiophene rings is 1. The standard InChI is InChI=1S/C8H9BrO2S/c1-6(10)11-3-2-7-4-12-5-8(7)9/h4-5H,2-3H2,1H3. The van der Waals surface area contributed by atoms with Gasteiger partial charge in [-0.3, -0.25) is 4.79 Å². The Kier molecular flexibility index (Phi) is 3.75. The summed E-state index contributed by atoms with van der Waals surface area (Å²) < 4.78 is 5.91. The number of esters is 1. The van der Waals surface area contributed by atoms with Gasteiger partial charge in [-0.2, -0.15) is 11.3 Å². The van der Waals surface area contributed by atoms with E-state index in [9.17, 15) is 4.79 Å². The zero-order valence-electron chi connectivity index (χ0n) is 6.67. The fourth-order valence-electron chi connectivity index (χ4n) is 0.791. The van der Waals surface area contributed by atoms with Crippen molar-refractivity contribution in [1.29, 1.82) is 0 Å². The van der Waals surface area contributed by atoms with Crippen molar-refractivity contribution in [2.45, 2.75) is 13.3 Å². The summed E-state index contributed by atoms with van der Waals surface area (Å²) >= 11 is 5.04. The third-order valence-electron chi connectivity index (χ3n) is 1.37. The molecular weight excluding hydrogens is 240 g/mol. The fraction of sp³-hybridized carbons (Fsp3) is 0.375. The van der Waals surface area contributed by atoms with Gasteiger partial charge < -0.3 is 4.74 Å². The summed E-state index contributed by atoms with van der Waals surface area (Å²) in [4.78, 5) is 10.4. The normalized spacial score (nSPS) is 9.83. The number of hydrogen-bond donors (Lipinski definition) is 0. The van der Waals surface area contributed by atoms with E-state index in [1.807, 2.05) is 10.8 Å². The number of halogens is 1. The van der Waals surface area contributed by atoms with Crippen molar-refractivity contribution >= 4 is 33.2 Å². The Morgan fingerprint density at radius 3 is 2.92 bits per heavy atom. The maximum Gasteiger partial charge on any atom is 0.302 e. The molecule has 1 rings (SSSR count). The van der Waals surface area contributed by atoms with Crippen molar-refractivity contribution in [2.75, 3.05) is 6.61 Å². The maximum atomic E-state index is 10.4. The molecule has 0 aliphatic rings. The second kappa shape index (κ2) is 4.62. The monoisotopic (exact) mass is 248 g/mol. The zero-order valence-corrected chi connectivity index (χ0v) is 9.07. The van der Waals surface area contributed by atoms with Crippen LogP contribution in [0, 0.1) is 0 Å².